The number of hydrogen-bond acceptors (Lipinski definition) is 3. The fourth-order valence-electron chi connectivity index (χ4n) is 0.672. The molecular formula is C7H11N3+. The smallest absolute Gasteiger partial charge is 0.329 e. The standard InChI is InChI=1S/C7H11N3/c1-6(2)10-7-3-4-8-5-9-7/h3-6H,1-2H3,(H,9,10)/q+1. The van der Waals surface area contributed by atoms with Crippen molar-refractivity contribution < 1.29 is 0 Å². The monoisotopic (exact) mass is 137 g/mol. The molecule has 53 valence electrons. The molecule has 0 spiro atoms. The zero-order valence-corrected chi connectivity index (χ0v) is 6.20. The largest absolute Gasteiger partial charge is 0.347 e. The normalized spacial score (nSPS) is 15.7. The van der Waals surface area contributed by atoms with Gasteiger partial charge in [0.05, 0.1) is 6.08 Å². The first-order chi connectivity index (χ1) is 4.79. The van der Waals surface area contributed by atoms with E-state index < -0.39 is 0 Å². The van der Waals surface area contributed by atoms with Crippen LogP contribution in [0, 0.1) is 0 Å². The van der Waals surface area contributed by atoms with E-state index in [2.05, 4.69) is 29.1 Å². The van der Waals surface area contributed by atoms with Crippen molar-refractivity contribution in [2.75, 3.05) is 0 Å². The third-order valence-corrected chi connectivity index (χ3v) is 1.02. The first-order valence-electron chi connectivity index (χ1n) is 3.31. The van der Waals surface area contributed by atoms with Crippen molar-refractivity contribution in [1.29, 1.82) is 0 Å². The zero-order valence-electron chi connectivity index (χ0n) is 6.20. The van der Waals surface area contributed by atoms with Crippen LogP contribution in [0.15, 0.2) is 16.9 Å². The average molecular weight is 137 g/mol. The lowest BCUT2D eigenvalue weighted by atomic mass is 10.4. The minimum absolute atomic E-state index is 0.426. The molecule has 0 aromatic rings. The van der Waals surface area contributed by atoms with Crippen molar-refractivity contribution in [3.05, 3.63) is 11.9 Å². The average Bonchev–Trinajstić information content (AvgIpc) is 1.88. The summed E-state index contributed by atoms with van der Waals surface area (Å²) in [5.74, 6) is 0.880. The summed E-state index contributed by atoms with van der Waals surface area (Å²) in [5, 5.41) is 3.15. The molecule has 10 heavy (non-hydrogen) atoms. The second-order valence-corrected chi connectivity index (χ2v) is 2.39. The lowest BCUT2D eigenvalue weighted by Crippen LogP contribution is -2.22. The highest BCUT2D eigenvalue weighted by molar-refractivity contribution is 5.81. The van der Waals surface area contributed by atoms with Crippen LogP contribution in [-0.2, 0) is 0 Å². The Morgan fingerprint density at radius 1 is 1.60 bits per heavy atom. The predicted octanol–water partition coefficient (Wildman–Crippen LogP) is 0.274. The first kappa shape index (κ1) is 6.99. The Morgan fingerprint density at radius 2 is 2.40 bits per heavy atom. The van der Waals surface area contributed by atoms with Crippen LogP contribution in [0.25, 0.3) is 0 Å². The van der Waals surface area contributed by atoms with Crippen LogP contribution in [0.4, 0.5) is 0 Å². The van der Waals surface area contributed by atoms with Crippen LogP contribution in [0.3, 0.4) is 0 Å². The fraction of sp³-hybridized carbons (Fsp3) is 0.429. The minimum Gasteiger partial charge on any atom is -0.347 e. The Hall–Kier alpha value is -1.12. The molecule has 1 aliphatic heterocycles. The summed E-state index contributed by atoms with van der Waals surface area (Å²) in [6.07, 6.45) is 5.10. The van der Waals surface area contributed by atoms with Gasteiger partial charge >= 0.3 is 6.34 Å². The maximum atomic E-state index is 4.00. The Labute approximate surface area is 60.6 Å². The van der Waals surface area contributed by atoms with E-state index in [0.717, 1.165) is 5.82 Å². The number of nitrogens with one attached hydrogen (secondary N) is 1. The molecule has 3 heteroatoms. The van der Waals surface area contributed by atoms with Gasteiger partial charge in [-0.15, -0.1) is 0 Å². The van der Waals surface area contributed by atoms with Crippen LogP contribution < -0.4 is 10.3 Å². The van der Waals surface area contributed by atoms with Crippen molar-refractivity contribution in [3.8, 4) is 0 Å². The quantitative estimate of drug-likeness (QED) is 0.583. The molecule has 0 aromatic heterocycles. The van der Waals surface area contributed by atoms with Gasteiger partial charge < -0.3 is 5.32 Å². The molecule has 1 radical (unpaired) electrons. The van der Waals surface area contributed by atoms with Crippen LogP contribution in [0.1, 0.15) is 13.8 Å². The van der Waals surface area contributed by atoms with Crippen LogP contribution in [0.5, 0.6) is 0 Å². The van der Waals surface area contributed by atoms with Gasteiger partial charge in [-0.1, -0.05) is 4.99 Å². The summed E-state index contributed by atoms with van der Waals surface area (Å²) in [7, 11) is 0. The van der Waals surface area contributed by atoms with Gasteiger partial charge in [-0.3, -0.25) is 0 Å². The van der Waals surface area contributed by atoms with E-state index in [1.807, 2.05) is 6.08 Å². The number of nitrogens with zero attached hydrogens (tertiary/aromatic N) is 2. The van der Waals surface area contributed by atoms with Crippen molar-refractivity contribution in [2.45, 2.75) is 19.9 Å². The van der Waals surface area contributed by atoms with Gasteiger partial charge in [0.25, 0.3) is 0 Å². The number of rotatable bonds is 2. The zero-order chi connectivity index (χ0) is 7.40. The van der Waals surface area contributed by atoms with E-state index in [-0.39, 0.29) is 0 Å². The van der Waals surface area contributed by atoms with Gasteiger partial charge in [0.2, 0.25) is 5.82 Å². The van der Waals surface area contributed by atoms with Crippen molar-refractivity contribution >= 4 is 12.6 Å². The lowest BCUT2D eigenvalue weighted by molar-refractivity contribution is 0.664. The second kappa shape index (κ2) is 3.15. The van der Waals surface area contributed by atoms with Crippen molar-refractivity contribution in [2.24, 2.45) is 4.99 Å². The van der Waals surface area contributed by atoms with E-state index in [1.54, 1.807) is 6.21 Å². The van der Waals surface area contributed by atoms with Gasteiger partial charge in [-0.25, -0.2) is 0 Å². The molecule has 0 bridgehead atoms. The number of hydrogen-bond donors (Lipinski definition) is 1. The van der Waals surface area contributed by atoms with Crippen molar-refractivity contribution in [1.82, 2.24) is 10.3 Å². The molecule has 3 nitrogen and oxygen atoms in total. The molecule has 0 atom stereocenters. The molecule has 0 saturated heterocycles. The van der Waals surface area contributed by atoms with Gasteiger partial charge in [0.15, 0.2) is 0 Å². The lowest BCUT2D eigenvalue weighted by Gasteiger charge is -2.04. The molecule has 0 saturated carbocycles. The molecular weight excluding hydrogens is 126 g/mol. The number of aliphatic imine (C=N–C) groups is 2. The summed E-state index contributed by atoms with van der Waals surface area (Å²) >= 11 is 0. The third kappa shape index (κ3) is 2.01. The summed E-state index contributed by atoms with van der Waals surface area (Å²) in [6.45, 7) is 4.14. The van der Waals surface area contributed by atoms with E-state index >= 15 is 0 Å². The number of allylic oxidation sites excluding steroid dienone is 1. The summed E-state index contributed by atoms with van der Waals surface area (Å²) in [5.41, 5.74) is 0. The van der Waals surface area contributed by atoms with Gasteiger partial charge in [0.1, 0.15) is 6.21 Å². The van der Waals surface area contributed by atoms with E-state index in [9.17, 15) is 0 Å². The second-order valence-electron chi connectivity index (χ2n) is 2.39. The Balaban J connectivity index is 2.50. The highest BCUT2D eigenvalue weighted by Gasteiger charge is 2.04. The Kier molecular flexibility index (Phi) is 2.20. The van der Waals surface area contributed by atoms with E-state index in [0.29, 0.717) is 6.04 Å². The molecule has 0 fully saturated rings. The third-order valence-electron chi connectivity index (χ3n) is 1.02. The maximum Gasteiger partial charge on any atom is 0.329 e. The molecule has 0 amide bonds. The Bertz CT molecular complexity index is 189. The molecule has 1 rings (SSSR count). The molecule has 0 aliphatic carbocycles. The Morgan fingerprint density at radius 3 is 2.90 bits per heavy atom. The van der Waals surface area contributed by atoms with Crippen LogP contribution in [0.2, 0.25) is 0 Å². The van der Waals surface area contributed by atoms with Crippen LogP contribution >= 0.6 is 0 Å². The molecule has 1 N–H and O–H groups in total. The van der Waals surface area contributed by atoms with Crippen LogP contribution in [-0.4, -0.2) is 18.6 Å². The topological polar surface area (TPSA) is 38.5 Å². The summed E-state index contributed by atoms with van der Waals surface area (Å²) in [4.78, 5) is 7.80. The molecule has 1 aliphatic rings. The van der Waals surface area contributed by atoms with Gasteiger partial charge in [0, 0.05) is 6.04 Å². The van der Waals surface area contributed by atoms with Gasteiger partial charge in [-0.2, -0.15) is 0 Å². The summed E-state index contributed by atoms with van der Waals surface area (Å²) in [6, 6.07) is 0.426. The predicted molar refractivity (Wildman–Crippen MR) is 43.0 cm³/mol. The highest BCUT2D eigenvalue weighted by atomic mass is 15.1. The molecule has 0 unspecified atom stereocenters. The molecule has 1 heterocycles. The van der Waals surface area contributed by atoms with Gasteiger partial charge in [-0.05, 0) is 18.8 Å². The van der Waals surface area contributed by atoms with Crippen molar-refractivity contribution in [3.63, 3.8) is 0 Å². The highest BCUT2D eigenvalue weighted by Crippen LogP contribution is 1.92. The first-order valence-corrected chi connectivity index (χ1v) is 3.31. The fourth-order valence-corrected chi connectivity index (χ4v) is 0.672. The molecule has 0 aromatic carbocycles. The SMILES string of the molecule is CC(C)NC1=CC=[N+]C=N1. The minimum atomic E-state index is 0.426. The summed E-state index contributed by atoms with van der Waals surface area (Å²) < 4.78 is 0. The maximum absolute atomic E-state index is 4.00. The van der Waals surface area contributed by atoms with E-state index in [1.165, 1.54) is 6.34 Å². The van der Waals surface area contributed by atoms with E-state index in [4.69, 9.17) is 0 Å².